The van der Waals surface area contributed by atoms with E-state index in [-0.39, 0.29) is 18.4 Å². The van der Waals surface area contributed by atoms with Crippen LogP contribution < -0.4 is 0 Å². The summed E-state index contributed by atoms with van der Waals surface area (Å²) in [6.07, 6.45) is 4.21. The third-order valence-electron chi connectivity index (χ3n) is 5.12. The number of ether oxygens (including phenoxy) is 1. The molecule has 3 rings (SSSR count). The summed E-state index contributed by atoms with van der Waals surface area (Å²) in [4.78, 5) is 18.5. The first kappa shape index (κ1) is 17.9. The Morgan fingerprint density at radius 3 is 2.92 bits per heavy atom. The Kier molecular flexibility index (Phi) is 6.66. The Balaban J connectivity index is 1.60. The SMILES string of the molecule is O=C(C1CCCN(C2CCOCC2)C1)N(CCO)Cc1cccs1. The highest BCUT2D eigenvalue weighted by atomic mass is 32.1. The topological polar surface area (TPSA) is 53.0 Å². The van der Waals surface area contributed by atoms with Crippen molar-refractivity contribution in [1.29, 1.82) is 0 Å². The first-order valence-corrected chi connectivity index (χ1v) is 9.89. The predicted octanol–water partition coefficient (Wildman–Crippen LogP) is 1.96. The minimum Gasteiger partial charge on any atom is -0.395 e. The highest BCUT2D eigenvalue weighted by Gasteiger charge is 2.32. The molecule has 0 aliphatic carbocycles. The number of likely N-dealkylation sites (tertiary alicyclic amines) is 1. The number of aliphatic hydroxyl groups excluding tert-OH is 1. The van der Waals surface area contributed by atoms with E-state index in [9.17, 15) is 9.90 Å². The van der Waals surface area contributed by atoms with E-state index in [1.165, 1.54) is 4.88 Å². The van der Waals surface area contributed by atoms with E-state index in [0.29, 0.717) is 19.1 Å². The zero-order chi connectivity index (χ0) is 16.8. The van der Waals surface area contributed by atoms with Crippen LogP contribution in [0.3, 0.4) is 0 Å². The monoisotopic (exact) mass is 352 g/mol. The molecule has 3 heterocycles. The fraction of sp³-hybridized carbons (Fsp3) is 0.722. The zero-order valence-corrected chi connectivity index (χ0v) is 15.0. The van der Waals surface area contributed by atoms with Crippen LogP contribution in [0.15, 0.2) is 17.5 Å². The van der Waals surface area contributed by atoms with E-state index >= 15 is 0 Å². The Labute approximate surface area is 148 Å². The smallest absolute Gasteiger partial charge is 0.227 e. The van der Waals surface area contributed by atoms with Crippen LogP contribution in [0.25, 0.3) is 0 Å². The second kappa shape index (κ2) is 8.94. The molecule has 1 N–H and O–H groups in total. The molecule has 6 heteroatoms. The average molecular weight is 352 g/mol. The van der Waals surface area contributed by atoms with E-state index in [1.807, 2.05) is 16.3 Å². The Morgan fingerprint density at radius 1 is 1.38 bits per heavy atom. The van der Waals surface area contributed by atoms with Gasteiger partial charge in [-0.25, -0.2) is 0 Å². The number of carbonyl (C=O) groups is 1. The molecule has 0 aromatic carbocycles. The fourth-order valence-corrected chi connectivity index (χ4v) is 4.55. The molecule has 1 aromatic rings. The summed E-state index contributed by atoms with van der Waals surface area (Å²) in [5.74, 6) is 0.266. The molecule has 24 heavy (non-hydrogen) atoms. The quantitative estimate of drug-likeness (QED) is 0.850. The Morgan fingerprint density at radius 2 is 2.21 bits per heavy atom. The number of nitrogens with zero attached hydrogens (tertiary/aromatic N) is 2. The molecular weight excluding hydrogens is 324 g/mol. The van der Waals surface area contributed by atoms with Gasteiger partial charge in [0.2, 0.25) is 5.91 Å². The van der Waals surface area contributed by atoms with Crippen molar-refractivity contribution in [3.05, 3.63) is 22.4 Å². The number of hydrogen-bond acceptors (Lipinski definition) is 5. The summed E-state index contributed by atoms with van der Waals surface area (Å²) in [5, 5.41) is 11.4. The summed E-state index contributed by atoms with van der Waals surface area (Å²) in [5.41, 5.74) is 0. The molecule has 1 amide bonds. The van der Waals surface area contributed by atoms with E-state index in [4.69, 9.17) is 4.74 Å². The Bertz CT molecular complexity index is 502. The fourth-order valence-electron chi connectivity index (χ4n) is 3.83. The number of aliphatic hydroxyl groups is 1. The minimum atomic E-state index is 0.0213. The lowest BCUT2D eigenvalue weighted by atomic mass is 9.93. The number of hydrogen-bond donors (Lipinski definition) is 1. The van der Waals surface area contributed by atoms with E-state index < -0.39 is 0 Å². The van der Waals surface area contributed by atoms with Crippen LogP contribution in [-0.4, -0.2) is 66.3 Å². The van der Waals surface area contributed by atoms with Crippen LogP contribution in [0, 0.1) is 5.92 Å². The van der Waals surface area contributed by atoms with Gasteiger partial charge < -0.3 is 14.7 Å². The molecule has 0 spiro atoms. The lowest BCUT2D eigenvalue weighted by Gasteiger charge is -2.40. The summed E-state index contributed by atoms with van der Waals surface area (Å²) in [7, 11) is 0. The van der Waals surface area contributed by atoms with Crippen LogP contribution in [0.5, 0.6) is 0 Å². The summed E-state index contributed by atoms with van der Waals surface area (Å²) in [6, 6.07) is 4.63. The van der Waals surface area contributed by atoms with Gasteiger partial charge in [-0.3, -0.25) is 9.69 Å². The minimum absolute atomic E-state index is 0.0213. The molecule has 2 fully saturated rings. The largest absolute Gasteiger partial charge is 0.395 e. The normalized spacial score (nSPS) is 23.3. The van der Waals surface area contributed by atoms with Gasteiger partial charge in [-0.2, -0.15) is 0 Å². The maximum Gasteiger partial charge on any atom is 0.227 e. The highest BCUT2D eigenvalue weighted by molar-refractivity contribution is 7.09. The van der Waals surface area contributed by atoms with Crippen molar-refractivity contribution < 1.29 is 14.6 Å². The lowest BCUT2D eigenvalue weighted by Crippen LogP contribution is -2.49. The molecule has 1 aromatic heterocycles. The molecule has 2 aliphatic heterocycles. The highest BCUT2D eigenvalue weighted by Crippen LogP contribution is 2.25. The summed E-state index contributed by atoms with van der Waals surface area (Å²) >= 11 is 1.66. The van der Waals surface area contributed by atoms with E-state index in [0.717, 1.165) is 52.0 Å². The summed E-state index contributed by atoms with van der Waals surface area (Å²) in [6.45, 7) is 4.70. The van der Waals surface area contributed by atoms with Crippen molar-refractivity contribution in [2.75, 3.05) is 39.5 Å². The van der Waals surface area contributed by atoms with Gasteiger partial charge in [0.15, 0.2) is 0 Å². The van der Waals surface area contributed by atoms with Gasteiger partial charge in [0.05, 0.1) is 19.1 Å². The third-order valence-corrected chi connectivity index (χ3v) is 5.98. The van der Waals surface area contributed by atoms with Crippen molar-refractivity contribution in [2.45, 2.75) is 38.3 Å². The molecule has 5 nitrogen and oxygen atoms in total. The van der Waals surface area contributed by atoms with Crippen LogP contribution >= 0.6 is 11.3 Å². The number of carbonyl (C=O) groups excluding carboxylic acids is 1. The molecule has 2 saturated heterocycles. The van der Waals surface area contributed by atoms with Crippen LogP contribution in [0.2, 0.25) is 0 Å². The predicted molar refractivity (Wildman–Crippen MR) is 95.0 cm³/mol. The molecule has 0 bridgehead atoms. The van der Waals surface area contributed by atoms with Gasteiger partial charge in [-0.05, 0) is 43.7 Å². The van der Waals surface area contributed by atoms with Gasteiger partial charge in [-0.1, -0.05) is 6.07 Å². The van der Waals surface area contributed by atoms with Crippen LogP contribution in [-0.2, 0) is 16.1 Å². The molecule has 2 aliphatic rings. The first-order valence-electron chi connectivity index (χ1n) is 9.01. The first-order chi connectivity index (χ1) is 11.8. The molecular formula is C18H28N2O3S. The van der Waals surface area contributed by atoms with Gasteiger partial charge in [-0.15, -0.1) is 11.3 Å². The number of piperidine rings is 1. The van der Waals surface area contributed by atoms with Crippen molar-refractivity contribution >= 4 is 17.2 Å². The van der Waals surface area contributed by atoms with Crippen molar-refractivity contribution in [3.63, 3.8) is 0 Å². The third kappa shape index (κ3) is 4.57. The molecule has 1 unspecified atom stereocenters. The molecule has 134 valence electrons. The molecule has 0 saturated carbocycles. The maximum absolute atomic E-state index is 13.0. The summed E-state index contributed by atoms with van der Waals surface area (Å²) < 4.78 is 5.47. The van der Waals surface area contributed by atoms with Crippen LogP contribution in [0.4, 0.5) is 0 Å². The molecule has 1 atom stereocenters. The van der Waals surface area contributed by atoms with Gasteiger partial charge in [0, 0.05) is 37.2 Å². The van der Waals surface area contributed by atoms with Crippen molar-refractivity contribution in [3.8, 4) is 0 Å². The number of amides is 1. The average Bonchev–Trinajstić information content (AvgIpc) is 3.15. The van der Waals surface area contributed by atoms with E-state index in [1.54, 1.807) is 11.3 Å². The molecule has 0 radical (unpaired) electrons. The lowest BCUT2D eigenvalue weighted by molar-refractivity contribution is -0.139. The number of rotatable bonds is 6. The van der Waals surface area contributed by atoms with Gasteiger partial charge in [0.1, 0.15) is 0 Å². The zero-order valence-electron chi connectivity index (χ0n) is 14.2. The van der Waals surface area contributed by atoms with Gasteiger partial charge in [0.25, 0.3) is 0 Å². The van der Waals surface area contributed by atoms with Crippen molar-refractivity contribution in [1.82, 2.24) is 9.80 Å². The second-order valence-corrected chi connectivity index (χ2v) is 7.77. The van der Waals surface area contributed by atoms with E-state index in [2.05, 4.69) is 11.0 Å². The Hall–Kier alpha value is -0.950. The van der Waals surface area contributed by atoms with Gasteiger partial charge >= 0.3 is 0 Å². The standard InChI is InChI=1S/C18H28N2O3S/c21-9-8-20(14-17-4-2-12-24-17)18(22)15-3-1-7-19(13-15)16-5-10-23-11-6-16/h2,4,12,15-16,21H,1,3,5-11,13-14H2. The maximum atomic E-state index is 13.0. The second-order valence-electron chi connectivity index (χ2n) is 6.74. The van der Waals surface area contributed by atoms with Crippen molar-refractivity contribution in [2.24, 2.45) is 5.92 Å². The number of thiophene rings is 1. The van der Waals surface area contributed by atoms with Crippen LogP contribution in [0.1, 0.15) is 30.6 Å².